The highest BCUT2D eigenvalue weighted by atomic mass is 32.2. The summed E-state index contributed by atoms with van der Waals surface area (Å²) >= 11 is 0. The summed E-state index contributed by atoms with van der Waals surface area (Å²) in [5, 5.41) is 7.44. The minimum Gasteiger partial charge on any atom is -0.306 e. The largest absolute Gasteiger partial charge is 0.306 e. The quantitative estimate of drug-likeness (QED) is 0.736. The van der Waals surface area contributed by atoms with Crippen LogP contribution in [-0.4, -0.2) is 24.1 Å². The molecule has 0 radical (unpaired) electrons. The van der Waals surface area contributed by atoms with Gasteiger partial charge in [0.2, 0.25) is 0 Å². The van der Waals surface area contributed by atoms with Gasteiger partial charge in [-0.2, -0.15) is 5.10 Å². The van der Waals surface area contributed by atoms with Crippen molar-refractivity contribution in [1.82, 2.24) is 9.78 Å². The summed E-state index contributed by atoms with van der Waals surface area (Å²) in [6.45, 7) is 5.89. The maximum Gasteiger partial charge on any atom is 0.256 e. The van der Waals surface area contributed by atoms with E-state index in [4.69, 9.17) is 0 Å². The zero-order valence-electron chi connectivity index (χ0n) is 16.0. The van der Waals surface area contributed by atoms with Gasteiger partial charge in [-0.25, -0.2) is 13.1 Å². The number of hydrogen-bond acceptors (Lipinski definition) is 4. The SMILES string of the molecule is Cc1cccc(C(=O)Nc2c3c(nn2-c2ccc(C)cc2C)CS(=O)(=O)C3)c1. The Bertz CT molecular complexity index is 1210. The summed E-state index contributed by atoms with van der Waals surface area (Å²) in [4.78, 5) is 12.8. The minimum absolute atomic E-state index is 0.104. The van der Waals surface area contributed by atoms with Gasteiger partial charge in [-0.15, -0.1) is 0 Å². The summed E-state index contributed by atoms with van der Waals surface area (Å²) in [6, 6.07) is 13.2. The van der Waals surface area contributed by atoms with Crippen LogP contribution in [0.2, 0.25) is 0 Å². The normalized spacial score (nSPS) is 14.7. The number of nitrogens with one attached hydrogen (secondary N) is 1. The molecule has 1 aromatic heterocycles. The molecule has 1 amide bonds. The number of carbonyl (C=O) groups is 1. The number of fused-ring (bicyclic) bond motifs is 1. The van der Waals surface area contributed by atoms with Crippen molar-refractivity contribution in [2.75, 3.05) is 5.32 Å². The maximum absolute atomic E-state index is 12.8. The Kier molecular flexibility index (Phi) is 4.34. The first-order valence-corrected chi connectivity index (χ1v) is 10.8. The van der Waals surface area contributed by atoms with E-state index in [2.05, 4.69) is 10.4 Å². The number of hydrogen-bond donors (Lipinski definition) is 1. The number of amides is 1. The van der Waals surface area contributed by atoms with Crippen molar-refractivity contribution in [3.63, 3.8) is 0 Å². The van der Waals surface area contributed by atoms with Crippen LogP contribution in [0.1, 0.15) is 38.3 Å². The number of carbonyl (C=O) groups excluding carboxylic acids is 1. The van der Waals surface area contributed by atoms with E-state index in [1.54, 1.807) is 16.8 Å². The molecule has 1 N–H and O–H groups in total. The van der Waals surface area contributed by atoms with Crippen molar-refractivity contribution in [2.45, 2.75) is 32.3 Å². The van der Waals surface area contributed by atoms with Crippen LogP contribution in [0.4, 0.5) is 5.82 Å². The predicted octanol–water partition coefficient (Wildman–Crippen LogP) is 3.48. The number of nitrogens with zero attached hydrogens (tertiary/aromatic N) is 2. The van der Waals surface area contributed by atoms with Crippen molar-refractivity contribution >= 4 is 21.6 Å². The second kappa shape index (κ2) is 6.60. The summed E-state index contributed by atoms with van der Waals surface area (Å²) in [5.74, 6) is -0.0826. The molecule has 0 aliphatic carbocycles. The van der Waals surface area contributed by atoms with Gasteiger partial charge in [-0.1, -0.05) is 35.4 Å². The van der Waals surface area contributed by atoms with E-state index < -0.39 is 9.84 Å². The van der Waals surface area contributed by atoms with Crippen LogP contribution in [0.25, 0.3) is 5.69 Å². The number of aromatic nitrogens is 2. The minimum atomic E-state index is -3.23. The fourth-order valence-electron chi connectivity index (χ4n) is 3.55. The summed E-state index contributed by atoms with van der Waals surface area (Å²) in [7, 11) is -3.23. The zero-order chi connectivity index (χ0) is 20.1. The number of rotatable bonds is 3. The van der Waals surface area contributed by atoms with E-state index in [1.165, 1.54) is 0 Å². The Morgan fingerprint density at radius 3 is 2.50 bits per heavy atom. The smallest absolute Gasteiger partial charge is 0.256 e. The Morgan fingerprint density at radius 2 is 1.79 bits per heavy atom. The second-order valence-electron chi connectivity index (χ2n) is 7.33. The van der Waals surface area contributed by atoms with Crippen molar-refractivity contribution < 1.29 is 13.2 Å². The van der Waals surface area contributed by atoms with Crippen LogP contribution < -0.4 is 5.32 Å². The molecule has 3 aromatic rings. The molecule has 0 atom stereocenters. The van der Waals surface area contributed by atoms with E-state index in [0.717, 1.165) is 22.4 Å². The second-order valence-corrected chi connectivity index (χ2v) is 9.40. The van der Waals surface area contributed by atoms with Gasteiger partial charge in [0.1, 0.15) is 5.82 Å². The maximum atomic E-state index is 12.8. The highest BCUT2D eigenvalue weighted by molar-refractivity contribution is 7.90. The van der Waals surface area contributed by atoms with E-state index in [-0.39, 0.29) is 17.4 Å². The molecule has 4 rings (SSSR count). The fourth-order valence-corrected chi connectivity index (χ4v) is 5.05. The molecular formula is C21H21N3O3S. The molecule has 0 spiro atoms. The molecule has 0 fully saturated rings. The number of anilines is 1. The Balaban J connectivity index is 1.82. The molecule has 1 aliphatic heterocycles. The van der Waals surface area contributed by atoms with Crippen LogP contribution in [0.5, 0.6) is 0 Å². The Labute approximate surface area is 164 Å². The van der Waals surface area contributed by atoms with E-state index in [9.17, 15) is 13.2 Å². The molecule has 7 heteroatoms. The third-order valence-corrected chi connectivity index (χ3v) is 6.32. The van der Waals surface area contributed by atoms with Crippen molar-refractivity contribution in [3.8, 4) is 5.69 Å². The standard InChI is InChI=1S/C21H21N3O3S/c1-13-5-4-6-16(10-13)21(25)22-20-17-11-28(26,27)12-18(17)23-24(20)19-8-7-14(2)9-15(19)3/h4-10H,11-12H2,1-3H3,(H,22,25). The van der Waals surface area contributed by atoms with Crippen LogP contribution >= 0.6 is 0 Å². The number of aryl methyl sites for hydroxylation is 3. The average Bonchev–Trinajstić information content (AvgIpc) is 3.07. The van der Waals surface area contributed by atoms with Crippen LogP contribution in [0.3, 0.4) is 0 Å². The van der Waals surface area contributed by atoms with Gasteiger partial charge in [0.05, 0.1) is 22.9 Å². The van der Waals surface area contributed by atoms with Crippen LogP contribution in [0, 0.1) is 20.8 Å². The molecule has 0 saturated carbocycles. The summed E-state index contributed by atoms with van der Waals surface area (Å²) in [5.41, 5.74) is 5.49. The average molecular weight is 395 g/mol. The first kappa shape index (κ1) is 18.4. The van der Waals surface area contributed by atoms with Crippen molar-refractivity contribution in [1.29, 1.82) is 0 Å². The molecule has 0 unspecified atom stereocenters. The van der Waals surface area contributed by atoms with Gasteiger partial charge in [-0.3, -0.25) is 4.79 Å². The molecular weight excluding hydrogens is 374 g/mol. The molecule has 0 saturated heterocycles. The van der Waals surface area contributed by atoms with Crippen molar-refractivity contribution in [2.24, 2.45) is 0 Å². The Hall–Kier alpha value is -2.93. The monoisotopic (exact) mass is 395 g/mol. The van der Waals surface area contributed by atoms with Gasteiger partial charge >= 0.3 is 0 Å². The number of sulfone groups is 1. The first-order valence-electron chi connectivity index (χ1n) is 9.00. The lowest BCUT2D eigenvalue weighted by Gasteiger charge is -2.13. The molecule has 0 bridgehead atoms. The third-order valence-electron chi connectivity index (χ3n) is 4.88. The number of benzene rings is 2. The molecule has 6 nitrogen and oxygen atoms in total. The van der Waals surface area contributed by atoms with Gasteiger partial charge in [0.25, 0.3) is 5.91 Å². The van der Waals surface area contributed by atoms with E-state index in [1.807, 2.05) is 51.1 Å². The van der Waals surface area contributed by atoms with Gasteiger partial charge in [-0.05, 0) is 44.5 Å². The first-order chi connectivity index (χ1) is 13.2. The highest BCUT2D eigenvalue weighted by Crippen LogP contribution is 2.34. The topological polar surface area (TPSA) is 81.1 Å². The zero-order valence-corrected chi connectivity index (χ0v) is 16.8. The lowest BCUT2D eigenvalue weighted by molar-refractivity contribution is 0.102. The van der Waals surface area contributed by atoms with Gasteiger partial charge in [0.15, 0.2) is 9.84 Å². The van der Waals surface area contributed by atoms with E-state index in [0.29, 0.717) is 22.6 Å². The molecule has 2 aromatic carbocycles. The van der Waals surface area contributed by atoms with Crippen molar-refractivity contribution in [3.05, 3.63) is 76.0 Å². The van der Waals surface area contributed by atoms with Crippen LogP contribution in [0.15, 0.2) is 42.5 Å². The Morgan fingerprint density at radius 1 is 1.04 bits per heavy atom. The van der Waals surface area contributed by atoms with Gasteiger partial charge < -0.3 is 5.32 Å². The summed E-state index contributed by atoms with van der Waals surface area (Å²) < 4.78 is 25.9. The lowest BCUT2D eigenvalue weighted by Crippen LogP contribution is -2.17. The fraction of sp³-hybridized carbons (Fsp3) is 0.238. The highest BCUT2D eigenvalue weighted by Gasteiger charge is 2.33. The van der Waals surface area contributed by atoms with Gasteiger partial charge in [0, 0.05) is 11.1 Å². The molecule has 1 aliphatic rings. The summed E-state index contributed by atoms with van der Waals surface area (Å²) in [6.07, 6.45) is 0. The third kappa shape index (κ3) is 3.33. The molecule has 28 heavy (non-hydrogen) atoms. The van der Waals surface area contributed by atoms with Crippen LogP contribution in [-0.2, 0) is 21.3 Å². The lowest BCUT2D eigenvalue weighted by atomic mass is 10.1. The predicted molar refractivity (Wildman–Crippen MR) is 108 cm³/mol. The molecule has 144 valence electrons. The van der Waals surface area contributed by atoms with E-state index >= 15 is 0 Å². The molecule has 2 heterocycles.